The van der Waals surface area contributed by atoms with E-state index in [2.05, 4.69) is 28.1 Å². The van der Waals surface area contributed by atoms with Gasteiger partial charge in [-0.3, -0.25) is 4.79 Å². The number of para-hydroxylation sites is 2. The molecule has 0 aliphatic rings. The summed E-state index contributed by atoms with van der Waals surface area (Å²) in [4.78, 5) is 16.4. The van der Waals surface area contributed by atoms with Gasteiger partial charge in [-0.1, -0.05) is 25.5 Å². The Kier molecular flexibility index (Phi) is 9.41. The maximum atomic E-state index is 11.5. The van der Waals surface area contributed by atoms with Gasteiger partial charge in [-0.25, -0.2) is 4.98 Å². The van der Waals surface area contributed by atoms with Crippen LogP contribution in [0.25, 0.3) is 11.0 Å². The molecule has 0 radical (unpaired) electrons. The van der Waals surface area contributed by atoms with Crippen LogP contribution in [-0.2, 0) is 17.8 Å². The number of benzene rings is 2. The van der Waals surface area contributed by atoms with E-state index in [-0.39, 0.29) is 5.91 Å². The fraction of sp³-hybridized carbons (Fsp3) is 0.462. The van der Waals surface area contributed by atoms with Crippen LogP contribution in [0.2, 0.25) is 0 Å². The maximum absolute atomic E-state index is 11.5. The van der Waals surface area contributed by atoms with Crippen LogP contribution in [0.4, 0.5) is 0 Å². The zero-order valence-corrected chi connectivity index (χ0v) is 19.3. The number of hydrogen-bond donors (Lipinski definition) is 1. The highest BCUT2D eigenvalue weighted by Crippen LogP contribution is 2.20. The fourth-order valence-corrected chi connectivity index (χ4v) is 3.78. The van der Waals surface area contributed by atoms with Crippen LogP contribution in [0.1, 0.15) is 51.3 Å². The Labute approximate surface area is 190 Å². The number of carbonyl (C=O) groups is 1. The SMILES string of the molecule is CCCC(=O)NCCCCCc1nc2ccccc2n1CCCOc1ccc(OC)cc1. The second-order valence-electron chi connectivity index (χ2n) is 7.96. The highest BCUT2D eigenvalue weighted by Gasteiger charge is 2.10. The van der Waals surface area contributed by atoms with Gasteiger partial charge in [0.25, 0.3) is 0 Å². The van der Waals surface area contributed by atoms with Crippen LogP contribution in [0.5, 0.6) is 11.5 Å². The minimum Gasteiger partial charge on any atom is -0.497 e. The number of ether oxygens (including phenoxy) is 2. The lowest BCUT2D eigenvalue weighted by atomic mass is 10.2. The summed E-state index contributed by atoms with van der Waals surface area (Å²) in [5.74, 6) is 2.97. The molecule has 6 nitrogen and oxygen atoms in total. The molecule has 0 saturated heterocycles. The summed E-state index contributed by atoms with van der Waals surface area (Å²) in [7, 11) is 1.66. The van der Waals surface area contributed by atoms with Crippen LogP contribution < -0.4 is 14.8 Å². The molecule has 32 heavy (non-hydrogen) atoms. The Hall–Kier alpha value is -3.02. The first-order valence-corrected chi connectivity index (χ1v) is 11.7. The van der Waals surface area contributed by atoms with E-state index in [1.165, 1.54) is 5.52 Å². The normalized spacial score (nSPS) is 10.9. The Balaban J connectivity index is 1.48. The number of fused-ring (bicyclic) bond motifs is 1. The number of nitrogens with one attached hydrogen (secondary N) is 1. The number of amides is 1. The molecule has 1 N–H and O–H groups in total. The van der Waals surface area contributed by atoms with E-state index in [9.17, 15) is 4.79 Å². The first kappa shape index (κ1) is 23.6. The topological polar surface area (TPSA) is 65.4 Å². The zero-order chi connectivity index (χ0) is 22.6. The predicted octanol–water partition coefficient (Wildman–Crippen LogP) is 5.14. The molecule has 172 valence electrons. The smallest absolute Gasteiger partial charge is 0.219 e. The third-order valence-corrected chi connectivity index (χ3v) is 5.46. The second kappa shape index (κ2) is 12.7. The third kappa shape index (κ3) is 7.01. The van der Waals surface area contributed by atoms with Crippen molar-refractivity contribution >= 4 is 16.9 Å². The average molecular weight is 438 g/mol. The number of imidazole rings is 1. The van der Waals surface area contributed by atoms with E-state index in [1.807, 2.05) is 37.3 Å². The van der Waals surface area contributed by atoms with Crippen LogP contribution >= 0.6 is 0 Å². The molecule has 1 heterocycles. The van der Waals surface area contributed by atoms with E-state index < -0.39 is 0 Å². The lowest BCUT2D eigenvalue weighted by Crippen LogP contribution is -2.23. The fourth-order valence-electron chi connectivity index (χ4n) is 3.78. The lowest BCUT2D eigenvalue weighted by Gasteiger charge is -2.11. The zero-order valence-electron chi connectivity index (χ0n) is 19.3. The molecule has 6 heteroatoms. The third-order valence-electron chi connectivity index (χ3n) is 5.46. The number of methoxy groups -OCH3 is 1. The number of aromatic nitrogens is 2. The predicted molar refractivity (Wildman–Crippen MR) is 128 cm³/mol. The monoisotopic (exact) mass is 437 g/mol. The molecular weight excluding hydrogens is 402 g/mol. The molecule has 0 bridgehead atoms. The van der Waals surface area contributed by atoms with E-state index in [0.717, 1.165) is 74.5 Å². The molecule has 0 atom stereocenters. The van der Waals surface area contributed by atoms with Crippen molar-refractivity contribution in [1.82, 2.24) is 14.9 Å². The molecule has 0 aliphatic heterocycles. The van der Waals surface area contributed by atoms with E-state index in [4.69, 9.17) is 14.5 Å². The largest absolute Gasteiger partial charge is 0.497 e. The van der Waals surface area contributed by atoms with Gasteiger partial charge in [0.15, 0.2) is 0 Å². The van der Waals surface area contributed by atoms with Gasteiger partial charge in [0.1, 0.15) is 17.3 Å². The molecule has 0 fully saturated rings. The second-order valence-corrected chi connectivity index (χ2v) is 7.96. The van der Waals surface area contributed by atoms with Crippen molar-refractivity contribution in [1.29, 1.82) is 0 Å². The first-order chi connectivity index (χ1) is 15.7. The van der Waals surface area contributed by atoms with Gasteiger partial charge in [-0.05, 0) is 62.1 Å². The van der Waals surface area contributed by atoms with E-state index in [1.54, 1.807) is 7.11 Å². The van der Waals surface area contributed by atoms with Crippen molar-refractivity contribution in [3.05, 3.63) is 54.4 Å². The summed E-state index contributed by atoms with van der Waals surface area (Å²) < 4.78 is 13.4. The van der Waals surface area contributed by atoms with Crippen molar-refractivity contribution in [3.8, 4) is 11.5 Å². The summed E-state index contributed by atoms with van der Waals surface area (Å²) in [5.41, 5.74) is 2.23. The maximum Gasteiger partial charge on any atom is 0.219 e. The molecule has 3 aromatic rings. The number of hydrogen-bond acceptors (Lipinski definition) is 4. The molecule has 1 aromatic heterocycles. The van der Waals surface area contributed by atoms with Crippen LogP contribution in [0, 0.1) is 0 Å². The summed E-state index contributed by atoms with van der Waals surface area (Å²) in [6.07, 6.45) is 6.51. The number of aryl methyl sites for hydroxylation is 2. The number of nitrogens with zero attached hydrogens (tertiary/aromatic N) is 2. The molecule has 0 spiro atoms. The number of carbonyl (C=O) groups excluding carboxylic acids is 1. The van der Waals surface area contributed by atoms with Crippen LogP contribution in [0.15, 0.2) is 48.5 Å². The van der Waals surface area contributed by atoms with Crippen molar-refractivity contribution in [2.24, 2.45) is 0 Å². The summed E-state index contributed by atoms with van der Waals surface area (Å²) in [5, 5.41) is 2.99. The van der Waals surface area contributed by atoms with Gasteiger partial charge in [0.2, 0.25) is 5.91 Å². The molecule has 0 aliphatic carbocycles. The van der Waals surface area contributed by atoms with Gasteiger partial charge in [-0.2, -0.15) is 0 Å². The summed E-state index contributed by atoms with van der Waals surface area (Å²) in [6, 6.07) is 16.0. The standard InChI is InChI=1S/C26H35N3O3/c1-3-10-26(30)27-18-8-4-5-13-25-28-23-11-6-7-12-24(23)29(25)19-9-20-32-22-16-14-21(31-2)15-17-22/h6-7,11-12,14-17H,3-5,8-10,13,18-20H2,1-2H3,(H,27,30). The molecule has 0 saturated carbocycles. The molecule has 2 aromatic carbocycles. The summed E-state index contributed by atoms with van der Waals surface area (Å²) in [6.45, 7) is 4.31. The van der Waals surface area contributed by atoms with Gasteiger partial charge in [0.05, 0.1) is 24.8 Å². The Morgan fingerprint density at radius 3 is 2.56 bits per heavy atom. The van der Waals surface area contributed by atoms with Gasteiger partial charge >= 0.3 is 0 Å². The Bertz CT molecular complexity index is 966. The summed E-state index contributed by atoms with van der Waals surface area (Å²) >= 11 is 0. The minimum absolute atomic E-state index is 0.158. The first-order valence-electron chi connectivity index (χ1n) is 11.7. The van der Waals surface area contributed by atoms with E-state index >= 15 is 0 Å². The van der Waals surface area contributed by atoms with Crippen molar-refractivity contribution in [3.63, 3.8) is 0 Å². The van der Waals surface area contributed by atoms with Gasteiger partial charge in [0, 0.05) is 25.9 Å². The Morgan fingerprint density at radius 1 is 1.00 bits per heavy atom. The van der Waals surface area contributed by atoms with Crippen LogP contribution in [0.3, 0.4) is 0 Å². The van der Waals surface area contributed by atoms with Gasteiger partial charge in [-0.15, -0.1) is 0 Å². The lowest BCUT2D eigenvalue weighted by molar-refractivity contribution is -0.121. The van der Waals surface area contributed by atoms with E-state index in [0.29, 0.717) is 13.0 Å². The van der Waals surface area contributed by atoms with Crippen molar-refractivity contribution in [2.45, 2.75) is 58.4 Å². The number of unbranched alkanes of at least 4 members (excludes halogenated alkanes) is 2. The molecule has 3 rings (SSSR count). The quantitative estimate of drug-likeness (QED) is 0.355. The molecule has 0 unspecified atom stereocenters. The Morgan fingerprint density at radius 2 is 1.78 bits per heavy atom. The van der Waals surface area contributed by atoms with Crippen molar-refractivity contribution in [2.75, 3.05) is 20.3 Å². The molecular formula is C26H35N3O3. The average Bonchev–Trinajstić information content (AvgIpc) is 3.17. The van der Waals surface area contributed by atoms with Gasteiger partial charge < -0.3 is 19.4 Å². The van der Waals surface area contributed by atoms with Crippen LogP contribution in [-0.4, -0.2) is 35.7 Å². The number of rotatable bonds is 14. The van der Waals surface area contributed by atoms with Crippen molar-refractivity contribution < 1.29 is 14.3 Å². The minimum atomic E-state index is 0.158. The highest BCUT2D eigenvalue weighted by molar-refractivity contribution is 5.76. The molecule has 1 amide bonds. The highest BCUT2D eigenvalue weighted by atomic mass is 16.5.